The zero-order chi connectivity index (χ0) is 8.48. The van der Waals surface area contributed by atoms with Gasteiger partial charge in [0.25, 0.3) is 0 Å². The fourth-order valence-electron chi connectivity index (χ4n) is 0.623. The average molecular weight is 156 g/mol. The van der Waals surface area contributed by atoms with Gasteiger partial charge in [-0.2, -0.15) is 4.98 Å². The SMILES string of the molecule is CC(C)(C)c1nc(CO)no1. The number of hydrogen-bond donors (Lipinski definition) is 1. The molecule has 1 aromatic heterocycles. The summed E-state index contributed by atoms with van der Waals surface area (Å²) < 4.78 is 4.90. The van der Waals surface area contributed by atoms with Gasteiger partial charge in [-0.25, -0.2) is 0 Å². The van der Waals surface area contributed by atoms with E-state index in [2.05, 4.69) is 10.1 Å². The molecule has 0 aliphatic carbocycles. The number of nitrogens with zero attached hydrogens (tertiary/aromatic N) is 2. The summed E-state index contributed by atoms with van der Waals surface area (Å²) in [6.45, 7) is 5.75. The fraction of sp³-hybridized carbons (Fsp3) is 0.714. The minimum Gasteiger partial charge on any atom is -0.388 e. The van der Waals surface area contributed by atoms with Gasteiger partial charge in [-0.1, -0.05) is 25.9 Å². The fourth-order valence-corrected chi connectivity index (χ4v) is 0.623. The minimum atomic E-state index is -0.167. The van der Waals surface area contributed by atoms with Crippen LogP contribution >= 0.6 is 0 Å². The van der Waals surface area contributed by atoms with Crippen LogP contribution in [0.2, 0.25) is 0 Å². The summed E-state index contributed by atoms with van der Waals surface area (Å²) in [7, 11) is 0. The van der Waals surface area contributed by atoms with Gasteiger partial charge in [0.15, 0.2) is 5.82 Å². The molecule has 0 saturated heterocycles. The Balaban J connectivity index is 2.89. The van der Waals surface area contributed by atoms with Crippen molar-refractivity contribution in [1.82, 2.24) is 10.1 Å². The molecule has 1 N–H and O–H groups in total. The largest absolute Gasteiger partial charge is 0.388 e. The van der Waals surface area contributed by atoms with Crippen molar-refractivity contribution < 1.29 is 9.63 Å². The normalized spacial score (nSPS) is 12.0. The molecule has 0 saturated carbocycles. The van der Waals surface area contributed by atoms with E-state index in [1.54, 1.807) is 0 Å². The lowest BCUT2D eigenvalue weighted by Crippen LogP contribution is -2.11. The summed E-state index contributed by atoms with van der Waals surface area (Å²) in [5.41, 5.74) is -0.138. The highest BCUT2D eigenvalue weighted by atomic mass is 16.5. The Morgan fingerprint density at radius 1 is 1.45 bits per heavy atom. The van der Waals surface area contributed by atoms with Crippen molar-refractivity contribution in [3.8, 4) is 0 Å². The molecule has 0 aromatic carbocycles. The monoisotopic (exact) mass is 156 g/mol. The van der Waals surface area contributed by atoms with Crippen LogP contribution in [0.1, 0.15) is 32.5 Å². The molecular formula is C7H12N2O2. The maximum atomic E-state index is 8.63. The van der Waals surface area contributed by atoms with E-state index in [0.717, 1.165) is 0 Å². The van der Waals surface area contributed by atoms with Crippen molar-refractivity contribution in [2.24, 2.45) is 0 Å². The first kappa shape index (κ1) is 8.20. The quantitative estimate of drug-likeness (QED) is 0.655. The number of aromatic nitrogens is 2. The molecule has 62 valence electrons. The number of aliphatic hydroxyl groups excluding tert-OH is 1. The second kappa shape index (κ2) is 2.62. The van der Waals surface area contributed by atoms with E-state index in [1.165, 1.54) is 0 Å². The molecule has 0 fully saturated rings. The van der Waals surface area contributed by atoms with E-state index in [-0.39, 0.29) is 12.0 Å². The zero-order valence-electron chi connectivity index (χ0n) is 6.96. The standard InChI is InChI=1S/C7H12N2O2/c1-7(2,3)6-8-5(4-10)9-11-6/h10H,4H2,1-3H3. The van der Waals surface area contributed by atoms with Gasteiger partial charge in [0.05, 0.1) is 0 Å². The molecule has 1 aromatic rings. The predicted octanol–water partition coefficient (Wildman–Crippen LogP) is 0.859. The third kappa shape index (κ3) is 1.77. The van der Waals surface area contributed by atoms with Crippen molar-refractivity contribution in [1.29, 1.82) is 0 Å². The van der Waals surface area contributed by atoms with E-state index < -0.39 is 0 Å². The first-order chi connectivity index (χ1) is 5.04. The van der Waals surface area contributed by atoms with Gasteiger partial charge < -0.3 is 9.63 Å². The molecule has 0 aliphatic rings. The lowest BCUT2D eigenvalue weighted by atomic mass is 9.97. The van der Waals surface area contributed by atoms with Crippen molar-refractivity contribution in [3.63, 3.8) is 0 Å². The molecule has 0 spiro atoms. The molecule has 0 amide bonds. The van der Waals surface area contributed by atoms with E-state index >= 15 is 0 Å². The Labute approximate surface area is 65.2 Å². The summed E-state index contributed by atoms with van der Waals surface area (Å²) in [6.07, 6.45) is 0. The highest BCUT2D eigenvalue weighted by Gasteiger charge is 2.21. The third-order valence-corrected chi connectivity index (χ3v) is 1.25. The van der Waals surface area contributed by atoms with Crippen LogP contribution < -0.4 is 0 Å². The molecule has 1 rings (SSSR count). The van der Waals surface area contributed by atoms with Crippen LogP contribution in [0.3, 0.4) is 0 Å². The van der Waals surface area contributed by atoms with E-state index in [1.807, 2.05) is 20.8 Å². The van der Waals surface area contributed by atoms with Crippen molar-refractivity contribution in [2.45, 2.75) is 32.8 Å². The summed E-state index contributed by atoms with van der Waals surface area (Å²) in [4.78, 5) is 3.97. The molecule has 0 atom stereocenters. The van der Waals surface area contributed by atoms with Gasteiger partial charge in [0, 0.05) is 5.41 Å². The van der Waals surface area contributed by atoms with E-state index in [9.17, 15) is 0 Å². The summed E-state index contributed by atoms with van der Waals surface area (Å²) >= 11 is 0. The molecule has 0 unspecified atom stereocenters. The molecule has 11 heavy (non-hydrogen) atoms. The smallest absolute Gasteiger partial charge is 0.232 e. The van der Waals surface area contributed by atoms with Crippen LogP contribution in [0, 0.1) is 0 Å². The molecule has 0 radical (unpaired) electrons. The van der Waals surface area contributed by atoms with E-state index in [0.29, 0.717) is 11.7 Å². The molecular weight excluding hydrogens is 144 g/mol. The topological polar surface area (TPSA) is 59.2 Å². The summed E-state index contributed by atoms with van der Waals surface area (Å²) in [5, 5.41) is 12.2. The third-order valence-electron chi connectivity index (χ3n) is 1.25. The maximum Gasteiger partial charge on any atom is 0.232 e. The van der Waals surface area contributed by atoms with Crippen molar-refractivity contribution in [3.05, 3.63) is 11.7 Å². The van der Waals surface area contributed by atoms with Crippen LogP contribution in [0.4, 0.5) is 0 Å². The summed E-state index contributed by atoms with van der Waals surface area (Å²) in [6, 6.07) is 0. The first-order valence-corrected chi connectivity index (χ1v) is 3.48. The van der Waals surface area contributed by atoms with Crippen molar-refractivity contribution >= 4 is 0 Å². The Kier molecular flexibility index (Phi) is 1.95. The highest BCUT2D eigenvalue weighted by molar-refractivity contribution is 4.97. The lowest BCUT2D eigenvalue weighted by molar-refractivity contribution is 0.260. The van der Waals surface area contributed by atoms with Crippen LogP contribution in [-0.4, -0.2) is 15.2 Å². The molecule has 4 heteroatoms. The first-order valence-electron chi connectivity index (χ1n) is 3.48. The zero-order valence-corrected chi connectivity index (χ0v) is 6.96. The Hall–Kier alpha value is -0.900. The maximum absolute atomic E-state index is 8.63. The van der Waals surface area contributed by atoms with Crippen molar-refractivity contribution in [2.75, 3.05) is 0 Å². The van der Waals surface area contributed by atoms with Gasteiger partial charge >= 0.3 is 0 Å². The molecule has 0 aliphatic heterocycles. The Morgan fingerprint density at radius 2 is 2.09 bits per heavy atom. The summed E-state index contributed by atoms with van der Waals surface area (Å²) in [5.74, 6) is 0.900. The Morgan fingerprint density at radius 3 is 2.36 bits per heavy atom. The van der Waals surface area contributed by atoms with Crippen LogP contribution in [-0.2, 0) is 12.0 Å². The van der Waals surface area contributed by atoms with Gasteiger partial charge in [-0.05, 0) is 0 Å². The minimum absolute atomic E-state index is 0.138. The average Bonchev–Trinajstić information content (AvgIpc) is 2.32. The van der Waals surface area contributed by atoms with Gasteiger partial charge in [-0.15, -0.1) is 0 Å². The number of aliphatic hydroxyl groups is 1. The Bertz CT molecular complexity index is 237. The molecule has 4 nitrogen and oxygen atoms in total. The van der Waals surface area contributed by atoms with Crippen LogP contribution in [0.15, 0.2) is 4.52 Å². The second-order valence-corrected chi connectivity index (χ2v) is 3.42. The predicted molar refractivity (Wildman–Crippen MR) is 38.9 cm³/mol. The molecule has 0 bridgehead atoms. The van der Waals surface area contributed by atoms with Crippen LogP contribution in [0.25, 0.3) is 0 Å². The van der Waals surface area contributed by atoms with Crippen LogP contribution in [0.5, 0.6) is 0 Å². The number of rotatable bonds is 1. The second-order valence-electron chi connectivity index (χ2n) is 3.42. The molecule has 1 heterocycles. The number of hydrogen-bond acceptors (Lipinski definition) is 4. The van der Waals surface area contributed by atoms with E-state index in [4.69, 9.17) is 9.63 Å². The van der Waals surface area contributed by atoms with Gasteiger partial charge in [0.1, 0.15) is 6.61 Å². The van der Waals surface area contributed by atoms with Gasteiger partial charge in [0.2, 0.25) is 5.89 Å². The van der Waals surface area contributed by atoms with Gasteiger partial charge in [-0.3, -0.25) is 0 Å². The highest BCUT2D eigenvalue weighted by Crippen LogP contribution is 2.19. The lowest BCUT2D eigenvalue weighted by Gasteiger charge is -2.10.